The van der Waals surface area contributed by atoms with Crippen LogP contribution in [0.1, 0.15) is 52.8 Å². The van der Waals surface area contributed by atoms with Gasteiger partial charge >= 0.3 is 0 Å². The van der Waals surface area contributed by atoms with Gasteiger partial charge in [0.1, 0.15) is 11.4 Å². The molecule has 6 heteroatoms. The molecule has 1 amide bonds. The van der Waals surface area contributed by atoms with Crippen LogP contribution in [0.2, 0.25) is 0 Å². The molecule has 29 heavy (non-hydrogen) atoms. The number of aromatic nitrogens is 2. The van der Waals surface area contributed by atoms with Gasteiger partial charge in [0.2, 0.25) is 12.2 Å². The van der Waals surface area contributed by atoms with Gasteiger partial charge in [0.15, 0.2) is 0 Å². The van der Waals surface area contributed by atoms with Crippen molar-refractivity contribution in [3.8, 4) is 0 Å². The second-order valence-corrected chi connectivity index (χ2v) is 8.35. The van der Waals surface area contributed by atoms with Crippen LogP contribution < -0.4 is 4.90 Å². The van der Waals surface area contributed by atoms with Crippen LogP contribution in [0.25, 0.3) is 0 Å². The molecular formula is C23H32N3O3. The molecular weight excluding hydrogens is 366 g/mol. The number of benzene rings is 1. The summed E-state index contributed by atoms with van der Waals surface area (Å²) in [6.07, 6.45) is 7.98. The quantitative estimate of drug-likeness (QED) is 0.566. The van der Waals surface area contributed by atoms with Gasteiger partial charge in [-0.2, -0.15) is 0 Å². The fourth-order valence-electron chi connectivity index (χ4n) is 3.36. The van der Waals surface area contributed by atoms with Crippen LogP contribution in [0.5, 0.6) is 0 Å². The minimum atomic E-state index is -1.18. The van der Waals surface area contributed by atoms with Gasteiger partial charge in [-0.15, -0.1) is 0 Å². The van der Waals surface area contributed by atoms with Gasteiger partial charge in [-0.1, -0.05) is 18.2 Å². The van der Waals surface area contributed by atoms with Crippen molar-refractivity contribution in [1.82, 2.24) is 9.55 Å². The largest absolute Gasteiger partial charge is 0.373 e. The third-order valence-electron chi connectivity index (χ3n) is 4.85. The van der Waals surface area contributed by atoms with Crippen molar-refractivity contribution >= 4 is 17.9 Å². The fraction of sp³-hybridized carbons (Fsp3) is 0.522. The van der Waals surface area contributed by atoms with E-state index in [0.717, 1.165) is 25.2 Å². The van der Waals surface area contributed by atoms with Gasteiger partial charge in [-0.25, -0.2) is 4.98 Å². The third-order valence-corrected chi connectivity index (χ3v) is 4.85. The lowest BCUT2D eigenvalue weighted by Crippen LogP contribution is -2.57. The standard InChI is InChI=1S/C23H32N3O3/c1-19-24-14-16-25(19)15-10-9-13-23(17-27,18-29-22(3,4)5)26(20(2)28)21-11-7-6-8-12-21/h6-8,11-12,14,16H,9-10,13,15,18H2,1-5H3/t23-/m1/s1. The molecule has 6 nitrogen and oxygen atoms in total. The lowest BCUT2D eigenvalue weighted by Gasteiger charge is -2.40. The highest BCUT2D eigenvalue weighted by molar-refractivity contribution is 5.97. The number of ether oxygens (including phenoxy) is 1. The van der Waals surface area contributed by atoms with Crippen molar-refractivity contribution in [3.05, 3.63) is 48.5 Å². The first-order valence-corrected chi connectivity index (χ1v) is 10.1. The molecule has 0 N–H and O–H groups in total. The third kappa shape index (κ3) is 6.26. The molecule has 0 fully saturated rings. The maximum atomic E-state index is 12.6. The second-order valence-electron chi connectivity index (χ2n) is 8.35. The number of carbonyl (C=O) groups is 1. The Bertz CT molecular complexity index is 795. The van der Waals surface area contributed by atoms with Crippen molar-refractivity contribution in [2.75, 3.05) is 11.5 Å². The minimum Gasteiger partial charge on any atom is -0.373 e. The van der Waals surface area contributed by atoms with Crippen molar-refractivity contribution in [2.24, 2.45) is 0 Å². The molecule has 0 aliphatic carbocycles. The number of para-hydroxylation sites is 1. The zero-order valence-electron chi connectivity index (χ0n) is 18.1. The molecule has 0 aliphatic rings. The Morgan fingerprint density at radius 2 is 1.90 bits per heavy atom. The molecule has 1 radical (unpaired) electrons. The zero-order chi connectivity index (χ0) is 21.5. The molecule has 157 valence electrons. The Morgan fingerprint density at radius 1 is 1.21 bits per heavy atom. The molecule has 2 aromatic rings. The van der Waals surface area contributed by atoms with Crippen LogP contribution in [-0.4, -0.2) is 39.5 Å². The molecule has 1 aromatic carbocycles. The summed E-state index contributed by atoms with van der Waals surface area (Å²) >= 11 is 0. The highest BCUT2D eigenvalue weighted by Crippen LogP contribution is 2.30. The monoisotopic (exact) mass is 398 g/mol. The Morgan fingerprint density at radius 3 is 2.41 bits per heavy atom. The molecule has 0 saturated carbocycles. The number of hydrogen-bond acceptors (Lipinski definition) is 4. The summed E-state index contributed by atoms with van der Waals surface area (Å²) in [6, 6.07) is 9.26. The maximum Gasteiger partial charge on any atom is 0.229 e. The van der Waals surface area contributed by atoms with E-state index in [0.29, 0.717) is 12.1 Å². The lowest BCUT2D eigenvalue weighted by molar-refractivity contribution is -0.118. The maximum absolute atomic E-state index is 12.6. The lowest BCUT2D eigenvalue weighted by atomic mass is 9.91. The summed E-state index contributed by atoms with van der Waals surface area (Å²) in [5, 5.41) is 0. The van der Waals surface area contributed by atoms with Crippen molar-refractivity contribution in [1.29, 1.82) is 0 Å². The summed E-state index contributed by atoms with van der Waals surface area (Å²) in [4.78, 5) is 30.7. The Balaban J connectivity index is 2.24. The van der Waals surface area contributed by atoms with Gasteiger partial charge in [-0.3, -0.25) is 14.5 Å². The van der Waals surface area contributed by atoms with Crippen LogP contribution >= 0.6 is 0 Å². The Kier molecular flexibility index (Phi) is 7.73. The molecule has 0 saturated heterocycles. The number of hydrogen-bond donors (Lipinski definition) is 0. The number of unbranched alkanes of at least 4 members (excludes halogenated alkanes) is 1. The van der Waals surface area contributed by atoms with E-state index in [4.69, 9.17) is 4.74 Å². The molecule has 0 aliphatic heterocycles. The van der Waals surface area contributed by atoms with E-state index in [1.54, 1.807) is 6.20 Å². The van der Waals surface area contributed by atoms with E-state index >= 15 is 0 Å². The topological polar surface area (TPSA) is 64.4 Å². The second kappa shape index (κ2) is 9.83. The molecule has 0 bridgehead atoms. The number of anilines is 1. The van der Waals surface area contributed by atoms with Crippen LogP contribution in [0.15, 0.2) is 42.7 Å². The van der Waals surface area contributed by atoms with Crippen molar-refractivity contribution in [2.45, 2.75) is 71.6 Å². The molecule has 0 spiro atoms. The van der Waals surface area contributed by atoms with E-state index in [1.165, 1.54) is 11.8 Å². The summed E-state index contributed by atoms with van der Waals surface area (Å²) < 4.78 is 8.07. The van der Waals surface area contributed by atoms with Gasteiger partial charge in [0, 0.05) is 31.5 Å². The van der Waals surface area contributed by atoms with Gasteiger partial charge in [0.05, 0.1) is 12.2 Å². The summed E-state index contributed by atoms with van der Waals surface area (Å²) in [7, 11) is 0. The average Bonchev–Trinajstić information content (AvgIpc) is 3.07. The van der Waals surface area contributed by atoms with E-state index < -0.39 is 11.1 Å². The van der Waals surface area contributed by atoms with Crippen molar-refractivity contribution in [3.63, 3.8) is 0 Å². The molecule has 0 unspecified atom stereocenters. The number of amides is 1. The molecule has 1 aromatic heterocycles. The summed E-state index contributed by atoms with van der Waals surface area (Å²) in [6.45, 7) is 10.2. The first-order valence-electron chi connectivity index (χ1n) is 10.1. The van der Waals surface area contributed by atoms with E-state index in [2.05, 4.69) is 15.8 Å². The zero-order valence-corrected chi connectivity index (χ0v) is 18.1. The number of rotatable bonds is 10. The highest BCUT2D eigenvalue weighted by atomic mass is 16.5. The predicted molar refractivity (Wildman–Crippen MR) is 115 cm³/mol. The normalized spacial score (nSPS) is 13.7. The Hall–Kier alpha value is -2.47. The van der Waals surface area contributed by atoms with Crippen LogP contribution in [-0.2, 0) is 20.9 Å². The SMILES string of the molecule is CC(=O)N(c1ccccc1)[C@@]([C]=O)(CCCCn1ccnc1C)COC(C)(C)C. The predicted octanol–water partition coefficient (Wildman–Crippen LogP) is 4.08. The number of carbonyl (C=O) groups excluding carboxylic acids is 2. The molecule has 2 rings (SSSR count). The fourth-order valence-corrected chi connectivity index (χ4v) is 3.36. The number of nitrogens with zero attached hydrogens (tertiary/aromatic N) is 3. The number of imidazole rings is 1. The van der Waals surface area contributed by atoms with E-state index in [-0.39, 0.29) is 12.5 Å². The summed E-state index contributed by atoms with van der Waals surface area (Å²) in [5.74, 6) is 0.756. The van der Waals surface area contributed by atoms with E-state index in [9.17, 15) is 9.59 Å². The van der Waals surface area contributed by atoms with Gasteiger partial charge < -0.3 is 9.30 Å². The smallest absolute Gasteiger partial charge is 0.229 e. The van der Waals surface area contributed by atoms with Crippen molar-refractivity contribution < 1.29 is 14.3 Å². The van der Waals surface area contributed by atoms with Crippen LogP contribution in [0.3, 0.4) is 0 Å². The van der Waals surface area contributed by atoms with Crippen LogP contribution in [0, 0.1) is 6.92 Å². The van der Waals surface area contributed by atoms with Crippen LogP contribution in [0.4, 0.5) is 5.69 Å². The summed E-state index contributed by atoms with van der Waals surface area (Å²) in [5.41, 5.74) is -0.939. The highest BCUT2D eigenvalue weighted by Gasteiger charge is 2.41. The first-order chi connectivity index (χ1) is 13.7. The first kappa shape index (κ1) is 22.8. The number of aryl methyl sites for hydroxylation is 2. The minimum absolute atomic E-state index is 0.0958. The molecule has 1 heterocycles. The van der Waals surface area contributed by atoms with Gasteiger partial charge in [0.25, 0.3) is 0 Å². The average molecular weight is 399 g/mol. The van der Waals surface area contributed by atoms with Gasteiger partial charge in [-0.05, 0) is 59.1 Å². The van der Waals surface area contributed by atoms with E-state index in [1.807, 2.05) is 64.2 Å². The molecule has 1 atom stereocenters. The Labute approximate surface area is 173 Å².